The lowest BCUT2D eigenvalue weighted by atomic mass is 10.2. The molecule has 1 saturated heterocycles. The van der Waals surface area contributed by atoms with Crippen molar-refractivity contribution in [2.24, 2.45) is 0 Å². The predicted octanol–water partition coefficient (Wildman–Crippen LogP) is 2.36. The summed E-state index contributed by atoms with van der Waals surface area (Å²) < 4.78 is 13.2. The number of rotatable bonds is 3. The van der Waals surface area contributed by atoms with Crippen molar-refractivity contribution in [3.05, 3.63) is 47.6 Å². The molecule has 0 N–H and O–H groups in total. The molecule has 4 rings (SSSR count). The fraction of sp³-hybridized carbons (Fsp3) is 0.444. The summed E-state index contributed by atoms with van der Waals surface area (Å²) in [5.74, 6) is 0.929. The van der Waals surface area contributed by atoms with Crippen molar-refractivity contribution in [3.63, 3.8) is 0 Å². The van der Waals surface area contributed by atoms with E-state index in [0.29, 0.717) is 37.2 Å². The highest BCUT2D eigenvalue weighted by Crippen LogP contribution is 2.26. The molecular weight excluding hydrogens is 334 g/mol. The number of ether oxygens (including phenoxy) is 1. The number of hydrogen-bond acceptors (Lipinski definition) is 6. The van der Waals surface area contributed by atoms with Gasteiger partial charge in [-0.3, -0.25) is 4.79 Å². The Bertz CT molecular complexity index is 945. The molecule has 3 aromatic heterocycles. The Kier molecular flexibility index (Phi) is 4.20. The quantitative estimate of drug-likeness (QED) is 0.717. The molecule has 0 aliphatic carbocycles. The number of morpholine rings is 1. The van der Waals surface area contributed by atoms with Crippen molar-refractivity contribution >= 4 is 11.6 Å². The van der Waals surface area contributed by atoms with Crippen molar-refractivity contribution < 1.29 is 13.9 Å². The van der Waals surface area contributed by atoms with Gasteiger partial charge in [0, 0.05) is 24.9 Å². The lowest BCUT2D eigenvalue weighted by Crippen LogP contribution is -2.43. The molecule has 26 heavy (non-hydrogen) atoms. The monoisotopic (exact) mass is 355 g/mol. The van der Waals surface area contributed by atoms with Crippen LogP contribution in [0.2, 0.25) is 0 Å². The molecule has 0 aromatic carbocycles. The third-order valence-electron chi connectivity index (χ3n) is 4.46. The third kappa shape index (κ3) is 2.96. The number of amides is 1. The lowest BCUT2D eigenvalue weighted by molar-refractivity contribution is -0.0110. The van der Waals surface area contributed by atoms with Crippen molar-refractivity contribution in [2.75, 3.05) is 19.8 Å². The zero-order chi connectivity index (χ0) is 18.3. The van der Waals surface area contributed by atoms with Crippen LogP contribution in [0, 0.1) is 6.92 Å². The van der Waals surface area contributed by atoms with E-state index >= 15 is 0 Å². The Morgan fingerprint density at radius 1 is 1.35 bits per heavy atom. The SMILES string of the molecule is Cc1ccn2cc(C(=O)N3CCOCC3c3nnc(C(C)C)o3)nc2c1. The van der Waals surface area contributed by atoms with Crippen LogP contribution in [0.25, 0.3) is 5.65 Å². The van der Waals surface area contributed by atoms with Crippen LogP contribution in [0.15, 0.2) is 28.9 Å². The molecule has 1 amide bonds. The second kappa shape index (κ2) is 6.53. The Hall–Kier alpha value is -2.74. The smallest absolute Gasteiger partial charge is 0.274 e. The lowest BCUT2D eigenvalue weighted by Gasteiger charge is -2.32. The Balaban J connectivity index is 1.64. The number of aryl methyl sites for hydroxylation is 1. The van der Waals surface area contributed by atoms with Crippen molar-refractivity contribution in [2.45, 2.75) is 32.7 Å². The molecule has 1 fully saturated rings. The summed E-state index contributed by atoms with van der Waals surface area (Å²) in [6, 6.07) is 3.52. The van der Waals surface area contributed by atoms with Gasteiger partial charge >= 0.3 is 0 Å². The second-order valence-electron chi connectivity index (χ2n) is 6.82. The number of fused-ring (bicyclic) bond motifs is 1. The zero-order valence-electron chi connectivity index (χ0n) is 15.0. The van der Waals surface area contributed by atoms with E-state index in [1.165, 1.54) is 0 Å². The number of imidazole rings is 1. The molecule has 1 aliphatic heterocycles. The Morgan fingerprint density at radius 2 is 2.19 bits per heavy atom. The first-order chi connectivity index (χ1) is 12.5. The van der Waals surface area contributed by atoms with E-state index in [2.05, 4.69) is 15.2 Å². The maximum Gasteiger partial charge on any atom is 0.274 e. The van der Waals surface area contributed by atoms with Crippen LogP contribution in [0.3, 0.4) is 0 Å². The molecular formula is C18H21N5O3. The van der Waals surface area contributed by atoms with Crippen molar-refractivity contribution in [1.82, 2.24) is 24.5 Å². The van der Waals surface area contributed by atoms with Crippen LogP contribution in [0.4, 0.5) is 0 Å². The van der Waals surface area contributed by atoms with E-state index in [9.17, 15) is 4.79 Å². The molecule has 1 atom stereocenters. The van der Waals surface area contributed by atoms with Gasteiger partial charge in [-0.1, -0.05) is 13.8 Å². The average Bonchev–Trinajstić information content (AvgIpc) is 3.28. The van der Waals surface area contributed by atoms with Gasteiger partial charge in [-0.2, -0.15) is 0 Å². The minimum atomic E-state index is -0.400. The predicted molar refractivity (Wildman–Crippen MR) is 92.9 cm³/mol. The summed E-state index contributed by atoms with van der Waals surface area (Å²) in [6.45, 7) is 7.22. The number of pyridine rings is 1. The maximum absolute atomic E-state index is 13.1. The van der Waals surface area contributed by atoms with E-state index < -0.39 is 6.04 Å². The molecule has 1 aliphatic rings. The number of aromatic nitrogens is 4. The summed E-state index contributed by atoms with van der Waals surface area (Å²) >= 11 is 0. The minimum absolute atomic E-state index is 0.131. The Labute approximate surface area is 150 Å². The first-order valence-electron chi connectivity index (χ1n) is 8.70. The highest BCUT2D eigenvalue weighted by molar-refractivity contribution is 5.93. The van der Waals surface area contributed by atoms with Gasteiger partial charge < -0.3 is 18.5 Å². The van der Waals surface area contributed by atoms with Crippen LogP contribution >= 0.6 is 0 Å². The standard InChI is InChI=1S/C18H21N5O3/c1-11(2)16-20-21-17(26-16)14-10-25-7-6-23(14)18(24)13-9-22-5-4-12(3)8-15(22)19-13/h4-5,8-9,11,14H,6-7,10H2,1-3H3. The van der Waals surface area contributed by atoms with Gasteiger partial charge in [0.2, 0.25) is 11.8 Å². The summed E-state index contributed by atoms with van der Waals surface area (Å²) in [5, 5.41) is 8.20. The van der Waals surface area contributed by atoms with Gasteiger partial charge in [0.1, 0.15) is 17.4 Å². The molecule has 136 valence electrons. The third-order valence-corrected chi connectivity index (χ3v) is 4.46. The number of nitrogens with zero attached hydrogens (tertiary/aromatic N) is 5. The van der Waals surface area contributed by atoms with E-state index in [0.717, 1.165) is 11.2 Å². The van der Waals surface area contributed by atoms with E-state index in [1.807, 2.05) is 43.5 Å². The fourth-order valence-corrected chi connectivity index (χ4v) is 3.00. The first kappa shape index (κ1) is 16.7. The molecule has 0 bridgehead atoms. The molecule has 0 spiro atoms. The van der Waals surface area contributed by atoms with Crippen molar-refractivity contribution in [1.29, 1.82) is 0 Å². The van der Waals surface area contributed by atoms with Crippen LogP contribution in [-0.2, 0) is 4.74 Å². The first-order valence-corrected chi connectivity index (χ1v) is 8.70. The molecule has 0 saturated carbocycles. The normalized spacial score (nSPS) is 18.0. The number of hydrogen-bond donors (Lipinski definition) is 0. The minimum Gasteiger partial charge on any atom is -0.423 e. The van der Waals surface area contributed by atoms with E-state index in [-0.39, 0.29) is 11.8 Å². The number of carbonyl (C=O) groups is 1. The van der Waals surface area contributed by atoms with Gasteiger partial charge in [-0.25, -0.2) is 4.98 Å². The van der Waals surface area contributed by atoms with Gasteiger partial charge in [0.25, 0.3) is 5.91 Å². The van der Waals surface area contributed by atoms with E-state index in [4.69, 9.17) is 9.15 Å². The highest BCUT2D eigenvalue weighted by Gasteiger charge is 2.34. The zero-order valence-corrected chi connectivity index (χ0v) is 15.0. The average molecular weight is 355 g/mol. The van der Waals surface area contributed by atoms with Crippen LogP contribution < -0.4 is 0 Å². The highest BCUT2D eigenvalue weighted by atomic mass is 16.5. The molecule has 8 nitrogen and oxygen atoms in total. The van der Waals surface area contributed by atoms with Crippen LogP contribution in [0.1, 0.15) is 53.6 Å². The largest absolute Gasteiger partial charge is 0.423 e. The molecule has 4 heterocycles. The molecule has 8 heteroatoms. The topological polar surface area (TPSA) is 85.8 Å². The van der Waals surface area contributed by atoms with Gasteiger partial charge in [0.05, 0.1) is 13.2 Å². The molecule has 3 aromatic rings. The van der Waals surface area contributed by atoms with Crippen molar-refractivity contribution in [3.8, 4) is 0 Å². The second-order valence-corrected chi connectivity index (χ2v) is 6.82. The summed E-state index contributed by atoms with van der Waals surface area (Å²) in [4.78, 5) is 19.3. The fourth-order valence-electron chi connectivity index (χ4n) is 3.00. The maximum atomic E-state index is 13.1. The van der Waals surface area contributed by atoms with Gasteiger partial charge in [-0.15, -0.1) is 10.2 Å². The van der Waals surface area contributed by atoms with E-state index in [1.54, 1.807) is 11.1 Å². The summed E-state index contributed by atoms with van der Waals surface area (Å²) in [6.07, 6.45) is 3.65. The Morgan fingerprint density at radius 3 is 2.96 bits per heavy atom. The van der Waals surface area contributed by atoms with Gasteiger partial charge in [-0.05, 0) is 24.6 Å². The van der Waals surface area contributed by atoms with Crippen LogP contribution in [-0.4, -0.2) is 50.1 Å². The number of carbonyl (C=O) groups excluding carboxylic acids is 1. The molecule has 1 unspecified atom stereocenters. The summed E-state index contributed by atoms with van der Waals surface area (Å²) in [7, 11) is 0. The van der Waals surface area contributed by atoms with Crippen LogP contribution in [0.5, 0.6) is 0 Å². The summed E-state index contributed by atoms with van der Waals surface area (Å²) in [5.41, 5.74) is 2.24. The van der Waals surface area contributed by atoms with Gasteiger partial charge in [0.15, 0.2) is 0 Å². The molecule has 0 radical (unpaired) electrons.